The van der Waals surface area contributed by atoms with Crippen molar-refractivity contribution in [1.29, 1.82) is 0 Å². The largest absolute Gasteiger partial charge is 0.481 e. The summed E-state index contributed by atoms with van der Waals surface area (Å²) in [6, 6.07) is 19.5. The maximum Gasteiger partial charge on any atom is 0.266 e. The fourth-order valence-electron chi connectivity index (χ4n) is 3.71. The van der Waals surface area contributed by atoms with Crippen LogP contribution in [0.25, 0.3) is 16.6 Å². The van der Waals surface area contributed by atoms with Crippen LogP contribution in [0.2, 0.25) is 0 Å². The Balaban J connectivity index is 1.38. The zero-order valence-corrected chi connectivity index (χ0v) is 18.1. The summed E-state index contributed by atoms with van der Waals surface area (Å²) in [5.74, 6) is 1.94. The van der Waals surface area contributed by atoms with Crippen LogP contribution < -0.4 is 25.1 Å². The zero-order valence-electron chi connectivity index (χ0n) is 18.1. The number of ether oxygens (including phenoxy) is 3. The smallest absolute Gasteiger partial charge is 0.266 e. The summed E-state index contributed by atoms with van der Waals surface area (Å²) >= 11 is 0. The molecule has 0 unspecified atom stereocenters. The number of amides is 1. The van der Waals surface area contributed by atoms with E-state index in [9.17, 15) is 9.59 Å². The third kappa shape index (κ3) is 3.98. The number of nitrogens with zero attached hydrogens (tertiary/aromatic N) is 2. The number of carbonyl (C=O) groups is 1. The Morgan fingerprint density at radius 2 is 1.85 bits per heavy atom. The van der Waals surface area contributed by atoms with Crippen LogP contribution in [0.5, 0.6) is 17.2 Å². The van der Waals surface area contributed by atoms with Crippen LogP contribution in [0.3, 0.4) is 0 Å². The minimum absolute atomic E-state index is 0.164. The Morgan fingerprint density at radius 1 is 1.06 bits per heavy atom. The highest BCUT2D eigenvalue weighted by atomic mass is 16.7. The van der Waals surface area contributed by atoms with E-state index in [1.807, 2.05) is 30.3 Å². The molecule has 0 saturated carbocycles. The number of nitrogens with one attached hydrogen (secondary N) is 1. The standard InChI is InChI=1S/C25H21N3O5/c1-15(33-19-9-11-22-23(13-19)32-14-31-22)24(29)27-17-8-10-21-20(12-17)25(30)28(16(2)26-21)18-6-4-3-5-7-18/h3-13,15H,14H2,1-2H3,(H,27,29)/t15-/m0/s1. The summed E-state index contributed by atoms with van der Waals surface area (Å²) in [5, 5.41) is 3.22. The van der Waals surface area contributed by atoms with Gasteiger partial charge in [0.25, 0.3) is 11.5 Å². The molecule has 0 fully saturated rings. The molecule has 33 heavy (non-hydrogen) atoms. The molecule has 0 radical (unpaired) electrons. The first-order chi connectivity index (χ1) is 16.0. The molecule has 1 N–H and O–H groups in total. The first kappa shape index (κ1) is 20.6. The van der Waals surface area contributed by atoms with E-state index in [0.29, 0.717) is 39.7 Å². The van der Waals surface area contributed by atoms with Crippen molar-refractivity contribution in [1.82, 2.24) is 9.55 Å². The van der Waals surface area contributed by atoms with Gasteiger partial charge < -0.3 is 19.5 Å². The predicted octanol–water partition coefficient (Wildman–Crippen LogP) is 3.83. The van der Waals surface area contributed by atoms with Crippen molar-refractivity contribution in [2.24, 2.45) is 0 Å². The van der Waals surface area contributed by atoms with Gasteiger partial charge in [-0.3, -0.25) is 14.2 Å². The van der Waals surface area contributed by atoms with E-state index in [2.05, 4.69) is 10.3 Å². The summed E-state index contributed by atoms with van der Waals surface area (Å²) in [6.07, 6.45) is -0.779. The Bertz CT molecular complexity index is 1420. The molecule has 4 aromatic rings. The van der Waals surface area contributed by atoms with Gasteiger partial charge >= 0.3 is 0 Å². The molecule has 0 aliphatic carbocycles. The van der Waals surface area contributed by atoms with Crippen molar-refractivity contribution in [2.45, 2.75) is 20.0 Å². The minimum Gasteiger partial charge on any atom is -0.481 e. The summed E-state index contributed by atoms with van der Waals surface area (Å²) in [4.78, 5) is 30.5. The maximum atomic E-state index is 13.2. The zero-order chi connectivity index (χ0) is 22.9. The van der Waals surface area contributed by atoms with E-state index in [1.54, 1.807) is 54.8 Å². The van der Waals surface area contributed by atoms with Gasteiger partial charge in [0.15, 0.2) is 17.6 Å². The van der Waals surface area contributed by atoms with Crippen LogP contribution in [0.1, 0.15) is 12.7 Å². The second kappa shape index (κ2) is 8.31. The first-order valence-electron chi connectivity index (χ1n) is 10.5. The lowest BCUT2D eigenvalue weighted by Gasteiger charge is -2.16. The lowest BCUT2D eigenvalue weighted by molar-refractivity contribution is -0.122. The van der Waals surface area contributed by atoms with E-state index in [4.69, 9.17) is 14.2 Å². The number of aryl methyl sites for hydroxylation is 1. The molecule has 1 aliphatic rings. The van der Waals surface area contributed by atoms with Gasteiger partial charge in [-0.25, -0.2) is 4.98 Å². The number of aromatic nitrogens is 2. The summed E-state index contributed by atoms with van der Waals surface area (Å²) < 4.78 is 17.9. The van der Waals surface area contributed by atoms with Gasteiger partial charge in [0.1, 0.15) is 11.6 Å². The number of anilines is 1. The van der Waals surface area contributed by atoms with Crippen LogP contribution in [0.15, 0.2) is 71.5 Å². The minimum atomic E-state index is -0.779. The van der Waals surface area contributed by atoms with Gasteiger partial charge in [0.2, 0.25) is 6.79 Å². The van der Waals surface area contributed by atoms with Gasteiger partial charge in [0, 0.05) is 11.8 Å². The van der Waals surface area contributed by atoms with Crippen LogP contribution in [-0.2, 0) is 4.79 Å². The molecule has 0 bridgehead atoms. The fraction of sp³-hybridized carbons (Fsp3) is 0.160. The SMILES string of the molecule is Cc1nc2ccc(NC(=O)[C@H](C)Oc3ccc4c(c3)OCO4)cc2c(=O)n1-c1ccccc1. The molecule has 1 amide bonds. The monoisotopic (exact) mass is 443 g/mol. The van der Waals surface area contributed by atoms with E-state index in [1.165, 1.54) is 0 Å². The van der Waals surface area contributed by atoms with Gasteiger partial charge in [-0.15, -0.1) is 0 Å². The Hall–Kier alpha value is -4.33. The molecule has 1 atom stereocenters. The van der Waals surface area contributed by atoms with Crippen LogP contribution in [0.4, 0.5) is 5.69 Å². The molecular formula is C25H21N3O5. The summed E-state index contributed by atoms with van der Waals surface area (Å²) in [6.45, 7) is 3.60. The molecule has 8 nitrogen and oxygen atoms in total. The molecule has 166 valence electrons. The highest BCUT2D eigenvalue weighted by Crippen LogP contribution is 2.35. The first-order valence-corrected chi connectivity index (χ1v) is 10.5. The second-order valence-electron chi connectivity index (χ2n) is 7.63. The Morgan fingerprint density at radius 3 is 2.67 bits per heavy atom. The van der Waals surface area contributed by atoms with Crippen molar-refractivity contribution >= 4 is 22.5 Å². The highest BCUT2D eigenvalue weighted by Gasteiger charge is 2.19. The lowest BCUT2D eigenvalue weighted by atomic mass is 10.2. The quantitative estimate of drug-likeness (QED) is 0.504. The fourth-order valence-corrected chi connectivity index (χ4v) is 3.71. The second-order valence-corrected chi connectivity index (χ2v) is 7.63. The number of rotatable bonds is 5. The molecule has 8 heteroatoms. The van der Waals surface area contributed by atoms with Crippen molar-refractivity contribution < 1.29 is 19.0 Å². The molecule has 0 saturated heterocycles. The van der Waals surface area contributed by atoms with E-state index >= 15 is 0 Å². The third-order valence-electron chi connectivity index (χ3n) is 5.34. The van der Waals surface area contributed by atoms with Gasteiger partial charge in [-0.1, -0.05) is 18.2 Å². The molecule has 5 rings (SSSR count). The molecule has 1 aliphatic heterocycles. The van der Waals surface area contributed by atoms with Gasteiger partial charge in [-0.05, 0) is 56.3 Å². The van der Waals surface area contributed by atoms with Crippen LogP contribution >= 0.6 is 0 Å². The number of hydrogen-bond donors (Lipinski definition) is 1. The maximum absolute atomic E-state index is 13.2. The van der Waals surface area contributed by atoms with Crippen molar-refractivity contribution in [3.05, 3.63) is 82.9 Å². The Labute approximate surface area is 189 Å². The van der Waals surface area contributed by atoms with E-state index in [-0.39, 0.29) is 18.3 Å². The van der Waals surface area contributed by atoms with Gasteiger partial charge in [0.05, 0.1) is 16.6 Å². The van der Waals surface area contributed by atoms with Crippen molar-refractivity contribution in [3.8, 4) is 22.9 Å². The highest BCUT2D eigenvalue weighted by molar-refractivity contribution is 5.96. The normalized spacial score (nSPS) is 13.0. The third-order valence-corrected chi connectivity index (χ3v) is 5.34. The van der Waals surface area contributed by atoms with E-state index in [0.717, 1.165) is 5.69 Å². The van der Waals surface area contributed by atoms with Gasteiger partial charge in [-0.2, -0.15) is 0 Å². The predicted molar refractivity (Wildman–Crippen MR) is 123 cm³/mol. The molecular weight excluding hydrogens is 422 g/mol. The van der Waals surface area contributed by atoms with Crippen molar-refractivity contribution in [3.63, 3.8) is 0 Å². The Kier molecular flexibility index (Phi) is 5.18. The molecule has 1 aromatic heterocycles. The van der Waals surface area contributed by atoms with Crippen molar-refractivity contribution in [2.75, 3.05) is 12.1 Å². The number of fused-ring (bicyclic) bond motifs is 2. The number of para-hydroxylation sites is 1. The molecule has 2 heterocycles. The van der Waals surface area contributed by atoms with Crippen LogP contribution in [-0.4, -0.2) is 28.4 Å². The summed E-state index contributed by atoms with van der Waals surface area (Å²) in [5.41, 5.74) is 1.57. The average molecular weight is 443 g/mol. The van der Waals surface area contributed by atoms with E-state index < -0.39 is 6.10 Å². The lowest BCUT2D eigenvalue weighted by Crippen LogP contribution is -2.30. The number of hydrogen-bond acceptors (Lipinski definition) is 6. The number of carbonyl (C=O) groups excluding carboxylic acids is 1. The average Bonchev–Trinajstić information content (AvgIpc) is 3.28. The number of benzene rings is 3. The summed E-state index contributed by atoms with van der Waals surface area (Å²) in [7, 11) is 0. The topological polar surface area (TPSA) is 91.7 Å². The molecule has 0 spiro atoms. The molecule has 3 aromatic carbocycles. The van der Waals surface area contributed by atoms with Crippen LogP contribution in [0, 0.1) is 6.92 Å².